The lowest BCUT2D eigenvalue weighted by molar-refractivity contribution is 0.160. The van der Waals surface area contributed by atoms with Gasteiger partial charge in [0, 0.05) is 49.3 Å². The zero-order valence-electron chi connectivity index (χ0n) is 23.6. The Bertz CT molecular complexity index is 1390. The van der Waals surface area contributed by atoms with Crippen molar-refractivity contribution in [3.63, 3.8) is 0 Å². The number of nitrogens with zero attached hydrogens (tertiary/aromatic N) is 4. The van der Waals surface area contributed by atoms with E-state index in [9.17, 15) is 0 Å². The maximum absolute atomic E-state index is 5.12. The first-order valence-corrected chi connectivity index (χ1v) is 14.4. The summed E-state index contributed by atoms with van der Waals surface area (Å²) in [5, 5.41) is 5.12. The van der Waals surface area contributed by atoms with E-state index < -0.39 is 0 Å². The quantitative estimate of drug-likeness (QED) is 0.231. The van der Waals surface area contributed by atoms with E-state index >= 15 is 0 Å². The van der Waals surface area contributed by atoms with Gasteiger partial charge in [0.25, 0.3) is 0 Å². The first-order valence-electron chi connectivity index (χ1n) is 14.4. The van der Waals surface area contributed by atoms with Crippen molar-refractivity contribution in [2.24, 2.45) is 5.92 Å². The normalized spacial score (nSPS) is 15.4. The highest BCUT2D eigenvalue weighted by molar-refractivity contribution is 5.68. The lowest BCUT2D eigenvalue weighted by Crippen LogP contribution is -2.51. The van der Waals surface area contributed by atoms with Crippen LogP contribution in [0.3, 0.4) is 0 Å². The Kier molecular flexibility index (Phi) is 8.81. The molecule has 1 aliphatic heterocycles. The Balaban J connectivity index is 1.33. The van der Waals surface area contributed by atoms with E-state index in [1.165, 1.54) is 16.9 Å². The zero-order chi connectivity index (χ0) is 27.0. The van der Waals surface area contributed by atoms with Crippen LogP contribution in [0.5, 0.6) is 0 Å². The molecule has 5 rings (SSSR count). The summed E-state index contributed by atoms with van der Waals surface area (Å²) in [4.78, 5) is 5.17. The van der Waals surface area contributed by atoms with Gasteiger partial charge in [-0.15, -0.1) is 0 Å². The molecule has 0 bridgehead atoms. The highest BCUT2D eigenvalue weighted by atomic mass is 15.3. The van der Waals surface area contributed by atoms with Gasteiger partial charge in [-0.1, -0.05) is 105 Å². The summed E-state index contributed by atoms with van der Waals surface area (Å²) in [5.41, 5.74) is 7.00. The van der Waals surface area contributed by atoms with Crippen LogP contribution >= 0.6 is 0 Å². The van der Waals surface area contributed by atoms with Crippen molar-refractivity contribution in [2.75, 3.05) is 31.1 Å². The molecule has 4 heteroatoms. The number of hydrogen-bond donors (Lipinski definition) is 0. The van der Waals surface area contributed by atoms with E-state index in [1.54, 1.807) is 0 Å². The van der Waals surface area contributed by atoms with Gasteiger partial charge in [-0.3, -0.25) is 9.58 Å². The summed E-state index contributed by atoms with van der Waals surface area (Å²) in [7, 11) is 0. The standard InChI is InChI=1S/C35H40N4/c1-4-28(3)20-21-31-18-12-13-19-34(31)38-24-22-37(23-25-38)32(5-2)27-39-35(30-16-10-7-11-17-30)26-33(36-39)29-14-8-6-9-15-29/h6-19,26,28,32H,4-5,22-25,27H2,1-3H3. The summed E-state index contributed by atoms with van der Waals surface area (Å²) >= 11 is 0. The van der Waals surface area contributed by atoms with Crippen LogP contribution in [0.25, 0.3) is 22.5 Å². The maximum atomic E-state index is 5.12. The lowest BCUT2D eigenvalue weighted by atomic mass is 10.1. The SMILES string of the molecule is CCC(C)C#Cc1ccccc1N1CCN(C(CC)Cn2nc(-c3ccccc3)cc2-c2ccccc2)CC1. The van der Waals surface area contributed by atoms with Crippen LogP contribution in [-0.4, -0.2) is 46.9 Å². The van der Waals surface area contributed by atoms with Crippen molar-refractivity contribution in [1.29, 1.82) is 0 Å². The molecule has 0 saturated carbocycles. The Morgan fingerprint density at radius 2 is 1.41 bits per heavy atom. The Labute approximate surface area is 234 Å². The Morgan fingerprint density at radius 3 is 2.08 bits per heavy atom. The molecule has 1 aromatic heterocycles. The van der Waals surface area contributed by atoms with Gasteiger partial charge in [0.2, 0.25) is 0 Å². The topological polar surface area (TPSA) is 24.3 Å². The summed E-state index contributed by atoms with van der Waals surface area (Å²) in [6.45, 7) is 11.7. The number of benzene rings is 3. The van der Waals surface area contributed by atoms with Crippen LogP contribution in [-0.2, 0) is 6.54 Å². The second kappa shape index (κ2) is 12.8. The summed E-state index contributed by atoms with van der Waals surface area (Å²) in [6.07, 6.45) is 2.17. The fraction of sp³-hybridized carbons (Fsp3) is 0.343. The van der Waals surface area contributed by atoms with Gasteiger partial charge in [-0.2, -0.15) is 5.10 Å². The number of hydrogen-bond acceptors (Lipinski definition) is 3. The molecule has 0 aliphatic carbocycles. The minimum atomic E-state index is 0.422. The van der Waals surface area contributed by atoms with Crippen molar-refractivity contribution in [1.82, 2.24) is 14.7 Å². The lowest BCUT2D eigenvalue weighted by Gasteiger charge is -2.40. The molecule has 1 fully saturated rings. The van der Waals surface area contributed by atoms with Crippen LogP contribution < -0.4 is 4.90 Å². The molecule has 2 atom stereocenters. The number of piperazine rings is 1. The molecule has 1 aliphatic rings. The molecule has 2 unspecified atom stereocenters. The van der Waals surface area contributed by atoms with Crippen molar-refractivity contribution in [3.05, 3.63) is 96.6 Å². The molecule has 0 radical (unpaired) electrons. The van der Waals surface area contributed by atoms with Crippen molar-refractivity contribution in [2.45, 2.75) is 46.2 Å². The van der Waals surface area contributed by atoms with Crippen LogP contribution in [0.1, 0.15) is 39.2 Å². The van der Waals surface area contributed by atoms with E-state index in [0.29, 0.717) is 12.0 Å². The summed E-state index contributed by atoms with van der Waals surface area (Å²) < 4.78 is 2.23. The van der Waals surface area contributed by atoms with Crippen LogP contribution in [0.2, 0.25) is 0 Å². The van der Waals surface area contributed by atoms with Gasteiger partial charge >= 0.3 is 0 Å². The summed E-state index contributed by atoms with van der Waals surface area (Å²) in [6, 6.07) is 32.5. The molecule has 4 nitrogen and oxygen atoms in total. The molecule has 39 heavy (non-hydrogen) atoms. The van der Waals surface area contributed by atoms with Gasteiger partial charge < -0.3 is 4.90 Å². The molecule has 3 aromatic carbocycles. The van der Waals surface area contributed by atoms with E-state index in [2.05, 4.69) is 138 Å². The molecule has 200 valence electrons. The van der Waals surface area contributed by atoms with Gasteiger partial charge in [0.15, 0.2) is 0 Å². The molecular weight excluding hydrogens is 476 g/mol. The van der Waals surface area contributed by atoms with E-state index in [1.807, 2.05) is 0 Å². The molecule has 0 amide bonds. The van der Waals surface area contributed by atoms with Gasteiger partial charge in [0.05, 0.1) is 23.6 Å². The molecule has 0 spiro atoms. The third-order valence-electron chi connectivity index (χ3n) is 7.92. The van der Waals surface area contributed by atoms with Crippen molar-refractivity contribution >= 4 is 5.69 Å². The largest absolute Gasteiger partial charge is 0.368 e. The van der Waals surface area contributed by atoms with Crippen molar-refractivity contribution < 1.29 is 0 Å². The predicted molar refractivity (Wildman–Crippen MR) is 164 cm³/mol. The Hall–Kier alpha value is -3.81. The minimum Gasteiger partial charge on any atom is -0.368 e. The predicted octanol–water partition coefficient (Wildman–Crippen LogP) is 7.22. The van der Waals surface area contributed by atoms with E-state index in [4.69, 9.17) is 5.10 Å². The monoisotopic (exact) mass is 516 g/mol. The smallest absolute Gasteiger partial charge is 0.0929 e. The summed E-state index contributed by atoms with van der Waals surface area (Å²) in [5.74, 6) is 7.31. The highest BCUT2D eigenvalue weighted by Crippen LogP contribution is 2.28. The minimum absolute atomic E-state index is 0.422. The van der Waals surface area contributed by atoms with E-state index in [-0.39, 0.29) is 0 Å². The van der Waals surface area contributed by atoms with Crippen molar-refractivity contribution in [3.8, 4) is 34.4 Å². The fourth-order valence-electron chi connectivity index (χ4n) is 5.34. The molecule has 4 aromatic rings. The maximum Gasteiger partial charge on any atom is 0.0929 e. The van der Waals surface area contributed by atoms with Crippen LogP contribution in [0.15, 0.2) is 91.0 Å². The first kappa shape index (κ1) is 26.8. The molecular formula is C35H40N4. The molecule has 2 heterocycles. The second-order valence-corrected chi connectivity index (χ2v) is 10.5. The average molecular weight is 517 g/mol. The van der Waals surface area contributed by atoms with Crippen LogP contribution in [0, 0.1) is 17.8 Å². The number of anilines is 1. The number of aromatic nitrogens is 2. The number of para-hydroxylation sites is 1. The van der Waals surface area contributed by atoms with E-state index in [0.717, 1.165) is 62.4 Å². The van der Waals surface area contributed by atoms with Gasteiger partial charge in [0.1, 0.15) is 0 Å². The third kappa shape index (κ3) is 6.44. The Morgan fingerprint density at radius 1 is 0.769 bits per heavy atom. The van der Waals surface area contributed by atoms with Gasteiger partial charge in [-0.05, 0) is 36.6 Å². The fourth-order valence-corrected chi connectivity index (χ4v) is 5.34. The highest BCUT2D eigenvalue weighted by Gasteiger charge is 2.25. The molecule has 0 N–H and O–H groups in total. The zero-order valence-corrected chi connectivity index (χ0v) is 23.6. The first-order chi connectivity index (χ1) is 19.2. The third-order valence-corrected chi connectivity index (χ3v) is 7.92. The average Bonchev–Trinajstić information content (AvgIpc) is 3.43. The van der Waals surface area contributed by atoms with Gasteiger partial charge in [-0.25, -0.2) is 0 Å². The molecule has 1 saturated heterocycles. The van der Waals surface area contributed by atoms with Crippen LogP contribution in [0.4, 0.5) is 5.69 Å². The number of rotatable bonds is 8. The second-order valence-electron chi connectivity index (χ2n) is 10.5.